The number of carbonyl (C=O) groups excluding carboxylic acids is 1. The lowest BCUT2D eigenvalue weighted by molar-refractivity contribution is -0.132. The molecule has 2 bridgehead atoms. The third kappa shape index (κ3) is 3.43. The minimum Gasteiger partial charge on any atom is -0.351 e. The highest BCUT2D eigenvalue weighted by atomic mass is 16.2. The summed E-state index contributed by atoms with van der Waals surface area (Å²) in [7, 11) is 0. The maximum Gasteiger partial charge on any atom is 0.228 e. The van der Waals surface area contributed by atoms with Crippen molar-refractivity contribution in [3.8, 4) is 5.69 Å². The summed E-state index contributed by atoms with van der Waals surface area (Å²) in [6.07, 6.45) is 7.81. The first-order valence-corrected chi connectivity index (χ1v) is 10.8. The minimum atomic E-state index is -0.365. The fourth-order valence-corrected chi connectivity index (χ4v) is 5.25. The summed E-state index contributed by atoms with van der Waals surface area (Å²) in [6, 6.07) is 19.3. The fourth-order valence-electron chi connectivity index (χ4n) is 5.25. The Bertz CT molecular complexity index is 1040. The van der Waals surface area contributed by atoms with Crippen molar-refractivity contribution in [2.24, 2.45) is 5.41 Å². The van der Waals surface area contributed by atoms with Crippen molar-refractivity contribution in [3.63, 3.8) is 0 Å². The highest BCUT2D eigenvalue weighted by Gasteiger charge is 2.55. The van der Waals surface area contributed by atoms with Crippen LogP contribution in [0.5, 0.6) is 0 Å². The van der Waals surface area contributed by atoms with Gasteiger partial charge in [-0.05, 0) is 49.8 Å². The topological polar surface area (TPSA) is 59.0 Å². The van der Waals surface area contributed by atoms with Gasteiger partial charge in [0.25, 0.3) is 0 Å². The third-order valence-corrected chi connectivity index (χ3v) is 6.78. The van der Waals surface area contributed by atoms with Crippen LogP contribution in [-0.2, 0) is 17.8 Å². The van der Waals surface area contributed by atoms with Gasteiger partial charge in [-0.25, -0.2) is 4.68 Å². The van der Waals surface area contributed by atoms with Gasteiger partial charge in [0.2, 0.25) is 5.91 Å². The van der Waals surface area contributed by atoms with Crippen molar-refractivity contribution in [3.05, 3.63) is 83.7 Å². The van der Waals surface area contributed by atoms with E-state index in [2.05, 4.69) is 59.1 Å². The van der Waals surface area contributed by atoms with Gasteiger partial charge < -0.3 is 10.6 Å². The zero-order chi connectivity index (χ0) is 20.6. The van der Waals surface area contributed by atoms with Crippen molar-refractivity contribution in [1.82, 2.24) is 20.4 Å². The Morgan fingerprint density at radius 3 is 2.67 bits per heavy atom. The van der Waals surface area contributed by atoms with Gasteiger partial charge in [-0.3, -0.25) is 4.79 Å². The zero-order valence-electron chi connectivity index (χ0n) is 17.3. The first-order chi connectivity index (χ1) is 14.6. The number of nitrogens with zero attached hydrogens (tertiary/aromatic N) is 2. The summed E-state index contributed by atoms with van der Waals surface area (Å²) in [5, 5.41) is 11.4. The average molecular weight is 401 g/mol. The van der Waals surface area contributed by atoms with E-state index in [9.17, 15) is 4.79 Å². The van der Waals surface area contributed by atoms with Gasteiger partial charge in [-0.15, -0.1) is 0 Å². The number of rotatable bonds is 6. The minimum absolute atomic E-state index is 0.162. The second kappa shape index (κ2) is 7.73. The predicted molar refractivity (Wildman–Crippen MR) is 117 cm³/mol. The van der Waals surface area contributed by atoms with Crippen LogP contribution in [0.2, 0.25) is 0 Å². The molecule has 3 heterocycles. The number of aromatic nitrogens is 2. The molecule has 2 aliphatic heterocycles. The molecule has 0 unspecified atom stereocenters. The van der Waals surface area contributed by atoms with Crippen LogP contribution in [-0.4, -0.2) is 27.8 Å². The normalized spacial score (nSPS) is 24.8. The van der Waals surface area contributed by atoms with E-state index in [1.807, 2.05) is 35.3 Å². The van der Waals surface area contributed by atoms with E-state index in [1.54, 1.807) is 0 Å². The molecule has 0 aliphatic carbocycles. The Kier molecular flexibility index (Phi) is 4.91. The van der Waals surface area contributed by atoms with Gasteiger partial charge >= 0.3 is 0 Å². The molecule has 2 aliphatic rings. The van der Waals surface area contributed by atoms with Gasteiger partial charge in [0, 0.05) is 30.4 Å². The number of hydrogen-bond acceptors (Lipinski definition) is 3. The summed E-state index contributed by atoms with van der Waals surface area (Å²) in [5.41, 5.74) is 4.11. The molecule has 30 heavy (non-hydrogen) atoms. The van der Waals surface area contributed by atoms with Crippen LogP contribution in [0.15, 0.2) is 67.0 Å². The van der Waals surface area contributed by atoms with Gasteiger partial charge in [0.15, 0.2) is 0 Å². The van der Waals surface area contributed by atoms with Crippen molar-refractivity contribution in [1.29, 1.82) is 0 Å². The number of nitrogens with one attached hydrogen (secondary N) is 2. The van der Waals surface area contributed by atoms with Crippen molar-refractivity contribution < 1.29 is 4.79 Å². The smallest absolute Gasteiger partial charge is 0.228 e. The second-order valence-corrected chi connectivity index (χ2v) is 8.78. The Balaban J connectivity index is 1.32. The van der Waals surface area contributed by atoms with Gasteiger partial charge in [0.05, 0.1) is 17.3 Å². The van der Waals surface area contributed by atoms with Gasteiger partial charge in [-0.2, -0.15) is 5.10 Å². The highest BCUT2D eigenvalue weighted by molar-refractivity contribution is 5.84. The first-order valence-electron chi connectivity index (χ1n) is 10.8. The molecule has 1 aromatic heterocycles. The fraction of sp³-hybridized carbons (Fsp3) is 0.360. The molecular formula is C25H28N4O. The number of amides is 1. The van der Waals surface area contributed by atoms with Crippen molar-refractivity contribution >= 4 is 5.91 Å². The summed E-state index contributed by atoms with van der Waals surface area (Å²) < 4.78 is 1.88. The highest BCUT2D eigenvalue weighted by Crippen LogP contribution is 2.46. The molecule has 2 fully saturated rings. The zero-order valence-corrected chi connectivity index (χ0v) is 17.3. The molecule has 2 N–H and O–H groups in total. The number of aryl methyl sites for hydroxylation is 1. The van der Waals surface area contributed by atoms with Crippen LogP contribution in [0.3, 0.4) is 0 Å². The molecule has 1 amide bonds. The second-order valence-electron chi connectivity index (χ2n) is 8.78. The van der Waals surface area contributed by atoms with E-state index >= 15 is 0 Å². The van der Waals surface area contributed by atoms with Crippen LogP contribution in [0, 0.1) is 12.3 Å². The van der Waals surface area contributed by atoms with Crippen LogP contribution in [0.4, 0.5) is 0 Å². The van der Waals surface area contributed by atoms with Gasteiger partial charge in [-0.1, -0.05) is 48.5 Å². The van der Waals surface area contributed by atoms with Crippen LogP contribution in [0.1, 0.15) is 36.0 Å². The molecule has 3 atom stereocenters. The van der Waals surface area contributed by atoms with E-state index in [-0.39, 0.29) is 17.4 Å². The summed E-state index contributed by atoms with van der Waals surface area (Å²) in [6.45, 7) is 2.58. The molecule has 2 saturated heterocycles. The predicted octanol–water partition coefficient (Wildman–Crippen LogP) is 3.55. The lowest BCUT2D eigenvalue weighted by Crippen LogP contribution is -2.49. The molecule has 5 nitrogen and oxygen atoms in total. The molecule has 5 rings (SSSR count). The lowest BCUT2D eigenvalue weighted by Gasteiger charge is -2.35. The Morgan fingerprint density at radius 1 is 1.13 bits per heavy atom. The van der Waals surface area contributed by atoms with Crippen molar-refractivity contribution in [2.75, 3.05) is 0 Å². The summed E-state index contributed by atoms with van der Waals surface area (Å²) in [5.74, 6) is 0.162. The average Bonchev–Trinajstić information content (AvgIpc) is 3.50. The van der Waals surface area contributed by atoms with Gasteiger partial charge in [0.1, 0.15) is 0 Å². The Labute approximate surface area is 177 Å². The van der Waals surface area contributed by atoms with Crippen molar-refractivity contribution in [2.45, 2.75) is 51.2 Å². The third-order valence-electron chi connectivity index (χ3n) is 6.78. The lowest BCUT2D eigenvalue weighted by atomic mass is 9.69. The molecule has 5 heteroatoms. The largest absolute Gasteiger partial charge is 0.351 e. The number of fused-ring (bicyclic) bond motifs is 2. The molecule has 0 radical (unpaired) electrons. The standard InChI is InChI=1S/C25H28N4O/c1-18-7-5-6-10-22(18)29-17-20(16-27-29)15-26-24(30)25(13-19-8-3-2-4-9-19)14-21-11-12-23(25)28-21/h2-10,16-17,21,23,28H,11-15H2,1H3,(H,26,30)/t21-,23+,25+/m0/s1. The monoisotopic (exact) mass is 400 g/mol. The molecule has 0 spiro atoms. The number of para-hydroxylation sites is 1. The number of benzene rings is 2. The first kappa shape index (κ1) is 19.1. The molecule has 2 aromatic carbocycles. The van der Waals surface area contributed by atoms with E-state index in [1.165, 1.54) is 17.5 Å². The molecule has 0 saturated carbocycles. The Morgan fingerprint density at radius 2 is 1.93 bits per heavy atom. The summed E-state index contributed by atoms with van der Waals surface area (Å²) in [4.78, 5) is 13.5. The van der Waals surface area contributed by atoms with E-state index in [4.69, 9.17) is 0 Å². The summed E-state index contributed by atoms with van der Waals surface area (Å²) >= 11 is 0. The van der Waals surface area contributed by atoms with Crippen LogP contribution in [0.25, 0.3) is 5.69 Å². The SMILES string of the molecule is Cc1ccccc1-n1cc(CNC(=O)[C@]2(Cc3ccccc3)C[C@@H]3CC[C@H]2N3)cn1. The molecule has 154 valence electrons. The Hall–Kier alpha value is -2.92. The van der Waals surface area contributed by atoms with E-state index in [0.29, 0.717) is 12.6 Å². The maximum atomic E-state index is 13.5. The van der Waals surface area contributed by atoms with Crippen LogP contribution < -0.4 is 10.6 Å². The maximum absolute atomic E-state index is 13.5. The van der Waals surface area contributed by atoms with E-state index < -0.39 is 0 Å². The number of carbonyl (C=O) groups is 1. The van der Waals surface area contributed by atoms with E-state index in [0.717, 1.165) is 30.5 Å². The van der Waals surface area contributed by atoms with Crippen LogP contribution >= 0.6 is 0 Å². The molecule has 3 aromatic rings. The number of hydrogen-bond donors (Lipinski definition) is 2. The quantitative estimate of drug-likeness (QED) is 0.665. The molecular weight excluding hydrogens is 372 g/mol.